The summed E-state index contributed by atoms with van der Waals surface area (Å²) in [5, 5.41) is 3.34. The van der Waals surface area contributed by atoms with Gasteiger partial charge in [0.25, 0.3) is 0 Å². The molecule has 0 saturated heterocycles. The first kappa shape index (κ1) is 13.3. The van der Waals surface area contributed by atoms with Crippen LogP contribution in [0.1, 0.15) is 26.2 Å². The third kappa shape index (κ3) is 2.49. The minimum atomic E-state index is -3.39. The molecular formula is C12H19N3O2S. The Labute approximate surface area is 108 Å². The highest BCUT2D eigenvalue weighted by Gasteiger charge is 2.31. The molecule has 0 atom stereocenters. The Morgan fingerprint density at radius 2 is 2.00 bits per heavy atom. The summed E-state index contributed by atoms with van der Waals surface area (Å²) >= 11 is 0. The maximum absolute atomic E-state index is 11.9. The zero-order valence-electron chi connectivity index (χ0n) is 11.0. The van der Waals surface area contributed by atoms with Crippen LogP contribution in [0.4, 0.5) is 5.82 Å². The molecule has 2 rings (SSSR count). The lowest BCUT2D eigenvalue weighted by Crippen LogP contribution is -2.41. The standard InChI is InChI=1S/C12H19N3O2S/c1-12(7-4-8-12)14-11-6-5-10(9-13-11)18(16,17)15(2)3/h5-6,9H,4,7-8H2,1-3H3,(H,13,14). The van der Waals surface area contributed by atoms with Gasteiger partial charge in [-0.1, -0.05) is 0 Å². The van der Waals surface area contributed by atoms with Crippen LogP contribution in [0, 0.1) is 0 Å². The van der Waals surface area contributed by atoms with Gasteiger partial charge in [-0.05, 0) is 38.3 Å². The third-order valence-electron chi connectivity index (χ3n) is 3.40. The fourth-order valence-corrected chi connectivity index (χ4v) is 2.81. The van der Waals surface area contributed by atoms with E-state index in [2.05, 4.69) is 17.2 Å². The molecule has 0 spiro atoms. The minimum absolute atomic E-state index is 0.120. The molecule has 6 heteroatoms. The van der Waals surface area contributed by atoms with Gasteiger partial charge in [-0.15, -0.1) is 0 Å². The Morgan fingerprint density at radius 3 is 2.39 bits per heavy atom. The summed E-state index contributed by atoms with van der Waals surface area (Å²) in [6.45, 7) is 2.16. The second-order valence-electron chi connectivity index (χ2n) is 5.21. The summed E-state index contributed by atoms with van der Waals surface area (Å²) in [4.78, 5) is 4.40. The van der Waals surface area contributed by atoms with Gasteiger partial charge in [-0.2, -0.15) is 0 Å². The van der Waals surface area contributed by atoms with Gasteiger partial charge in [0.05, 0.1) is 0 Å². The van der Waals surface area contributed by atoms with Crippen molar-refractivity contribution >= 4 is 15.8 Å². The average Bonchev–Trinajstić information content (AvgIpc) is 2.27. The van der Waals surface area contributed by atoms with Crippen molar-refractivity contribution in [3.63, 3.8) is 0 Å². The van der Waals surface area contributed by atoms with E-state index in [1.807, 2.05) is 0 Å². The molecule has 1 N–H and O–H groups in total. The van der Waals surface area contributed by atoms with Gasteiger partial charge in [0.1, 0.15) is 10.7 Å². The molecule has 0 unspecified atom stereocenters. The van der Waals surface area contributed by atoms with Crippen LogP contribution in [0.2, 0.25) is 0 Å². The number of pyridine rings is 1. The van der Waals surface area contributed by atoms with Crippen molar-refractivity contribution < 1.29 is 8.42 Å². The summed E-state index contributed by atoms with van der Waals surface area (Å²) in [5.41, 5.74) is 0.120. The molecule has 0 aromatic carbocycles. The number of hydrogen-bond donors (Lipinski definition) is 1. The van der Waals surface area contributed by atoms with Gasteiger partial charge >= 0.3 is 0 Å². The number of hydrogen-bond acceptors (Lipinski definition) is 4. The van der Waals surface area contributed by atoms with Crippen molar-refractivity contribution in [3.8, 4) is 0 Å². The maximum atomic E-state index is 11.9. The molecule has 1 aliphatic carbocycles. The molecule has 1 heterocycles. The van der Waals surface area contributed by atoms with E-state index < -0.39 is 10.0 Å². The quantitative estimate of drug-likeness (QED) is 0.903. The van der Waals surface area contributed by atoms with Gasteiger partial charge in [0, 0.05) is 25.8 Å². The molecule has 0 aliphatic heterocycles. The summed E-state index contributed by atoms with van der Waals surface area (Å²) < 4.78 is 24.9. The molecular weight excluding hydrogens is 250 g/mol. The number of nitrogens with zero attached hydrogens (tertiary/aromatic N) is 2. The number of anilines is 1. The van der Waals surface area contributed by atoms with Crippen LogP contribution in [0.15, 0.2) is 23.2 Å². The van der Waals surface area contributed by atoms with E-state index in [4.69, 9.17) is 0 Å². The molecule has 1 fully saturated rings. The number of aromatic nitrogens is 1. The van der Waals surface area contributed by atoms with Crippen LogP contribution in [0.5, 0.6) is 0 Å². The van der Waals surface area contributed by atoms with Crippen LogP contribution < -0.4 is 5.32 Å². The first-order valence-electron chi connectivity index (χ1n) is 6.00. The SMILES string of the molecule is CN(C)S(=O)(=O)c1ccc(NC2(C)CCC2)nc1. The predicted octanol–water partition coefficient (Wildman–Crippen LogP) is 1.69. The highest BCUT2D eigenvalue weighted by atomic mass is 32.2. The monoisotopic (exact) mass is 269 g/mol. The van der Waals surface area contributed by atoms with Crippen molar-refractivity contribution in [3.05, 3.63) is 18.3 Å². The van der Waals surface area contributed by atoms with E-state index >= 15 is 0 Å². The summed E-state index contributed by atoms with van der Waals surface area (Å²) in [7, 11) is -0.364. The van der Waals surface area contributed by atoms with Gasteiger partial charge in [0.2, 0.25) is 10.0 Å². The molecule has 1 saturated carbocycles. The summed E-state index contributed by atoms with van der Waals surface area (Å²) in [6, 6.07) is 3.31. The molecule has 1 aromatic heterocycles. The summed E-state index contributed by atoms with van der Waals surface area (Å²) in [5.74, 6) is 0.731. The van der Waals surface area contributed by atoms with Gasteiger partial charge in [0.15, 0.2) is 0 Å². The van der Waals surface area contributed by atoms with Crippen LogP contribution in [-0.2, 0) is 10.0 Å². The van der Waals surface area contributed by atoms with Crippen molar-refractivity contribution in [2.24, 2.45) is 0 Å². The Bertz CT molecular complexity index is 519. The predicted molar refractivity (Wildman–Crippen MR) is 71.0 cm³/mol. The normalized spacial score (nSPS) is 18.4. The maximum Gasteiger partial charge on any atom is 0.244 e. The van der Waals surface area contributed by atoms with E-state index in [1.54, 1.807) is 12.1 Å². The van der Waals surface area contributed by atoms with Gasteiger partial charge in [-0.25, -0.2) is 17.7 Å². The first-order valence-corrected chi connectivity index (χ1v) is 7.44. The third-order valence-corrected chi connectivity index (χ3v) is 5.20. The lowest BCUT2D eigenvalue weighted by atomic mass is 9.78. The molecule has 0 amide bonds. The van der Waals surface area contributed by atoms with Crippen molar-refractivity contribution in [2.45, 2.75) is 36.6 Å². The average molecular weight is 269 g/mol. The topological polar surface area (TPSA) is 62.3 Å². The smallest absolute Gasteiger partial charge is 0.244 e. The molecule has 18 heavy (non-hydrogen) atoms. The zero-order chi connectivity index (χ0) is 13.4. The van der Waals surface area contributed by atoms with E-state index in [0.29, 0.717) is 0 Å². The summed E-state index contributed by atoms with van der Waals surface area (Å²) in [6.07, 6.45) is 4.90. The van der Waals surface area contributed by atoms with Crippen LogP contribution in [0.3, 0.4) is 0 Å². The minimum Gasteiger partial charge on any atom is -0.365 e. The van der Waals surface area contributed by atoms with E-state index in [9.17, 15) is 8.42 Å². The molecule has 0 radical (unpaired) electrons. The molecule has 5 nitrogen and oxygen atoms in total. The number of nitrogens with one attached hydrogen (secondary N) is 1. The van der Waals surface area contributed by atoms with Crippen LogP contribution in [-0.4, -0.2) is 37.3 Å². The van der Waals surface area contributed by atoms with E-state index in [-0.39, 0.29) is 10.4 Å². The van der Waals surface area contributed by atoms with Crippen LogP contribution in [0.25, 0.3) is 0 Å². The highest BCUT2D eigenvalue weighted by Crippen LogP contribution is 2.34. The van der Waals surface area contributed by atoms with Crippen LogP contribution >= 0.6 is 0 Å². The molecule has 1 aromatic rings. The lowest BCUT2D eigenvalue weighted by Gasteiger charge is -2.39. The lowest BCUT2D eigenvalue weighted by molar-refractivity contribution is 0.306. The van der Waals surface area contributed by atoms with Crippen molar-refractivity contribution in [1.29, 1.82) is 0 Å². The van der Waals surface area contributed by atoms with E-state index in [1.165, 1.54) is 31.0 Å². The van der Waals surface area contributed by atoms with E-state index in [0.717, 1.165) is 18.7 Å². The molecule has 100 valence electrons. The van der Waals surface area contributed by atoms with Gasteiger partial charge in [-0.3, -0.25) is 0 Å². The van der Waals surface area contributed by atoms with Gasteiger partial charge < -0.3 is 5.32 Å². The van der Waals surface area contributed by atoms with Crippen molar-refractivity contribution in [2.75, 3.05) is 19.4 Å². The second kappa shape index (κ2) is 4.51. The fraction of sp³-hybridized carbons (Fsp3) is 0.583. The first-order chi connectivity index (χ1) is 8.33. The fourth-order valence-electron chi connectivity index (χ4n) is 1.96. The Hall–Kier alpha value is -1.14. The Kier molecular flexibility index (Phi) is 3.33. The second-order valence-corrected chi connectivity index (χ2v) is 7.36. The molecule has 0 bridgehead atoms. The zero-order valence-corrected chi connectivity index (χ0v) is 11.8. The Balaban J connectivity index is 2.15. The Morgan fingerprint density at radius 1 is 1.33 bits per heavy atom. The molecule has 1 aliphatic rings. The number of sulfonamides is 1. The largest absolute Gasteiger partial charge is 0.365 e. The van der Waals surface area contributed by atoms with Crippen molar-refractivity contribution in [1.82, 2.24) is 9.29 Å². The number of rotatable bonds is 4. The highest BCUT2D eigenvalue weighted by molar-refractivity contribution is 7.89.